The monoisotopic (exact) mass is 238 g/mol. The van der Waals surface area contributed by atoms with E-state index in [9.17, 15) is 10.2 Å². The van der Waals surface area contributed by atoms with Crippen LogP contribution in [-0.2, 0) is 0 Å². The molecule has 1 rings (SSSR count). The Kier molecular flexibility index (Phi) is 4.96. The van der Waals surface area contributed by atoms with Crippen molar-refractivity contribution in [3.8, 4) is 0 Å². The summed E-state index contributed by atoms with van der Waals surface area (Å²) in [6, 6.07) is 0. The lowest BCUT2D eigenvalue weighted by Gasteiger charge is -2.30. The van der Waals surface area contributed by atoms with Gasteiger partial charge >= 0.3 is 0 Å². The van der Waals surface area contributed by atoms with Gasteiger partial charge in [-0.15, -0.1) is 0 Å². The highest BCUT2D eigenvalue weighted by molar-refractivity contribution is 5.09. The maximum Gasteiger partial charge on any atom is 0.0754 e. The van der Waals surface area contributed by atoms with E-state index >= 15 is 0 Å². The Morgan fingerprint density at radius 1 is 1.29 bits per heavy atom. The smallest absolute Gasteiger partial charge is 0.0754 e. The molecule has 0 saturated carbocycles. The van der Waals surface area contributed by atoms with E-state index in [1.165, 1.54) is 0 Å². The summed E-state index contributed by atoms with van der Waals surface area (Å²) < 4.78 is 0. The Balaban J connectivity index is 2.89. The molecule has 3 atom stereocenters. The fraction of sp³-hybridized carbons (Fsp3) is 0.733. The van der Waals surface area contributed by atoms with Crippen molar-refractivity contribution in [2.24, 2.45) is 11.8 Å². The summed E-state index contributed by atoms with van der Waals surface area (Å²) in [7, 11) is 0. The second kappa shape index (κ2) is 5.83. The summed E-state index contributed by atoms with van der Waals surface area (Å²) in [5.41, 5.74) is 0.248. The zero-order valence-corrected chi connectivity index (χ0v) is 11.5. The molecule has 3 unspecified atom stereocenters. The molecule has 0 amide bonds. The molecule has 0 fully saturated rings. The van der Waals surface area contributed by atoms with Crippen LogP contribution >= 0.6 is 0 Å². The van der Waals surface area contributed by atoms with Gasteiger partial charge in [0.15, 0.2) is 0 Å². The number of hydrogen-bond acceptors (Lipinski definition) is 2. The molecule has 2 heteroatoms. The van der Waals surface area contributed by atoms with Gasteiger partial charge in [0.1, 0.15) is 0 Å². The van der Waals surface area contributed by atoms with Crippen LogP contribution in [0, 0.1) is 11.8 Å². The number of hydrogen-bond donors (Lipinski definition) is 2. The van der Waals surface area contributed by atoms with Crippen LogP contribution in [0.15, 0.2) is 23.8 Å². The average molecular weight is 238 g/mol. The van der Waals surface area contributed by atoms with Gasteiger partial charge in [-0.1, -0.05) is 25.2 Å². The minimum Gasteiger partial charge on any atom is -0.390 e. The summed E-state index contributed by atoms with van der Waals surface area (Å²) in [6.07, 6.45) is 8.64. The Bertz CT molecular complexity index is 297. The van der Waals surface area contributed by atoms with Gasteiger partial charge in [0, 0.05) is 5.92 Å². The molecule has 0 spiro atoms. The van der Waals surface area contributed by atoms with Gasteiger partial charge in [-0.3, -0.25) is 0 Å². The molecule has 0 bridgehead atoms. The van der Waals surface area contributed by atoms with Crippen molar-refractivity contribution in [2.75, 3.05) is 0 Å². The topological polar surface area (TPSA) is 40.5 Å². The zero-order chi connectivity index (χ0) is 13.1. The highest BCUT2D eigenvalue weighted by Gasteiger charge is 2.27. The summed E-state index contributed by atoms with van der Waals surface area (Å²) in [5, 5.41) is 20.2. The van der Waals surface area contributed by atoms with E-state index < -0.39 is 11.7 Å². The summed E-state index contributed by atoms with van der Waals surface area (Å²) >= 11 is 0. The van der Waals surface area contributed by atoms with Gasteiger partial charge in [-0.05, 0) is 51.5 Å². The number of rotatable bonds is 1. The van der Waals surface area contributed by atoms with Gasteiger partial charge in [-0.2, -0.15) is 0 Å². The first-order chi connectivity index (χ1) is 7.80. The molecule has 0 heterocycles. The van der Waals surface area contributed by atoms with Crippen LogP contribution in [0.4, 0.5) is 0 Å². The molecule has 1 aliphatic carbocycles. The van der Waals surface area contributed by atoms with Gasteiger partial charge in [0.25, 0.3) is 0 Å². The lowest BCUT2D eigenvalue weighted by Crippen LogP contribution is -2.32. The number of aliphatic hydroxyl groups is 2. The van der Waals surface area contributed by atoms with E-state index in [4.69, 9.17) is 0 Å². The van der Waals surface area contributed by atoms with Crippen LogP contribution in [-0.4, -0.2) is 21.9 Å². The van der Waals surface area contributed by atoms with Crippen molar-refractivity contribution < 1.29 is 10.2 Å². The number of allylic oxidation sites excluding steroid dienone is 2. The Hall–Kier alpha value is -0.600. The predicted molar refractivity (Wildman–Crippen MR) is 71.7 cm³/mol. The third-order valence-corrected chi connectivity index (χ3v) is 3.67. The van der Waals surface area contributed by atoms with Crippen LogP contribution in [0.5, 0.6) is 0 Å². The minimum atomic E-state index is -0.781. The molecule has 0 aromatic rings. The first-order valence-corrected chi connectivity index (χ1v) is 6.56. The van der Waals surface area contributed by atoms with E-state index in [0.717, 1.165) is 18.4 Å². The number of aliphatic hydroxyl groups excluding tert-OH is 1. The minimum absolute atomic E-state index is 0.00130. The standard InChI is InChI=1S/C15H26O2/c1-11-6-5-7-12(2)14(16)10-13(9-8-11)15(3,4)17/h7-9,11,13-14,16-17H,5-6,10H2,1-4H3. The van der Waals surface area contributed by atoms with E-state index in [1.54, 1.807) is 0 Å². The lowest BCUT2D eigenvalue weighted by atomic mass is 9.83. The fourth-order valence-corrected chi connectivity index (χ4v) is 2.16. The zero-order valence-electron chi connectivity index (χ0n) is 11.5. The SMILES string of the molecule is CC1=CCCC(C)C=CC(C(C)(C)O)CC1O. The predicted octanol–water partition coefficient (Wildman–Crippen LogP) is 3.06. The van der Waals surface area contributed by atoms with Crippen LogP contribution in [0.1, 0.15) is 47.0 Å². The maximum absolute atomic E-state index is 10.1. The molecular formula is C15H26O2. The molecular weight excluding hydrogens is 212 g/mol. The van der Waals surface area contributed by atoms with Crippen molar-refractivity contribution in [1.29, 1.82) is 0 Å². The quantitative estimate of drug-likeness (QED) is 0.689. The Morgan fingerprint density at radius 2 is 1.94 bits per heavy atom. The molecule has 1 aliphatic rings. The van der Waals surface area contributed by atoms with E-state index in [0.29, 0.717) is 12.3 Å². The summed E-state index contributed by atoms with van der Waals surface area (Å²) in [6.45, 7) is 7.79. The molecule has 0 aromatic heterocycles. The van der Waals surface area contributed by atoms with Crippen molar-refractivity contribution in [3.05, 3.63) is 23.8 Å². The lowest BCUT2D eigenvalue weighted by molar-refractivity contribution is 0.0178. The van der Waals surface area contributed by atoms with E-state index in [-0.39, 0.29) is 5.92 Å². The van der Waals surface area contributed by atoms with E-state index in [1.807, 2.05) is 20.8 Å². The molecule has 0 saturated heterocycles. The highest BCUT2D eigenvalue weighted by atomic mass is 16.3. The third kappa shape index (κ3) is 4.64. The van der Waals surface area contributed by atoms with Crippen LogP contribution < -0.4 is 0 Å². The Morgan fingerprint density at radius 3 is 2.53 bits per heavy atom. The molecule has 98 valence electrons. The van der Waals surface area contributed by atoms with Gasteiger partial charge in [0.05, 0.1) is 11.7 Å². The summed E-state index contributed by atoms with van der Waals surface area (Å²) in [4.78, 5) is 0. The van der Waals surface area contributed by atoms with Crippen molar-refractivity contribution in [3.63, 3.8) is 0 Å². The molecule has 0 aromatic carbocycles. The molecule has 2 N–H and O–H groups in total. The third-order valence-electron chi connectivity index (χ3n) is 3.67. The molecule has 0 radical (unpaired) electrons. The average Bonchev–Trinajstić information content (AvgIpc) is 2.21. The summed E-state index contributed by atoms with van der Waals surface area (Å²) in [5.74, 6) is 0.528. The molecule has 17 heavy (non-hydrogen) atoms. The second-order valence-corrected chi connectivity index (χ2v) is 5.90. The maximum atomic E-state index is 10.1. The molecule has 0 aliphatic heterocycles. The van der Waals surface area contributed by atoms with Gasteiger partial charge in [0.2, 0.25) is 0 Å². The largest absolute Gasteiger partial charge is 0.390 e. The highest BCUT2D eigenvalue weighted by Crippen LogP contribution is 2.27. The Labute approximate surface area is 105 Å². The second-order valence-electron chi connectivity index (χ2n) is 5.90. The first kappa shape index (κ1) is 14.5. The van der Waals surface area contributed by atoms with Gasteiger partial charge in [-0.25, -0.2) is 0 Å². The van der Waals surface area contributed by atoms with E-state index in [2.05, 4.69) is 25.2 Å². The van der Waals surface area contributed by atoms with Crippen molar-refractivity contribution in [2.45, 2.75) is 58.7 Å². The van der Waals surface area contributed by atoms with Crippen molar-refractivity contribution >= 4 is 0 Å². The van der Waals surface area contributed by atoms with Crippen LogP contribution in [0.2, 0.25) is 0 Å². The molecule has 2 nitrogen and oxygen atoms in total. The normalized spacial score (nSPS) is 32.1. The van der Waals surface area contributed by atoms with Crippen molar-refractivity contribution in [1.82, 2.24) is 0 Å². The van der Waals surface area contributed by atoms with Gasteiger partial charge < -0.3 is 10.2 Å². The van der Waals surface area contributed by atoms with Crippen LogP contribution in [0.3, 0.4) is 0 Å². The first-order valence-electron chi connectivity index (χ1n) is 6.56. The fourth-order valence-electron chi connectivity index (χ4n) is 2.16. The van der Waals surface area contributed by atoms with Crippen LogP contribution in [0.25, 0.3) is 0 Å².